The van der Waals surface area contributed by atoms with E-state index in [-0.39, 0.29) is 17.5 Å². The fraction of sp³-hybridized carbons (Fsp3) is 0.545. The predicted molar refractivity (Wildman–Crippen MR) is 115 cm³/mol. The van der Waals surface area contributed by atoms with Crippen molar-refractivity contribution in [2.24, 2.45) is 0 Å². The third kappa shape index (κ3) is 4.53. The molecule has 0 saturated carbocycles. The van der Waals surface area contributed by atoms with Crippen LogP contribution in [0.1, 0.15) is 45.1 Å². The number of hydrogen-bond donors (Lipinski definition) is 0. The molecule has 1 fully saturated rings. The van der Waals surface area contributed by atoms with Crippen LogP contribution in [0, 0.1) is 10.1 Å². The largest absolute Gasteiger partial charge is 0.364 e. The van der Waals surface area contributed by atoms with Gasteiger partial charge in [0, 0.05) is 44.9 Å². The van der Waals surface area contributed by atoms with Crippen molar-refractivity contribution < 1.29 is 14.5 Å². The van der Waals surface area contributed by atoms with Crippen LogP contribution in [0.5, 0.6) is 0 Å². The number of nitro groups is 1. The number of amides is 2. The summed E-state index contributed by atoms with van der Waals surface area (Å²) >= 11 is 0. The highest BCUT2D eigenvalue weighted by Crippen LogP contribution is 2.33. The summed E-state index contributed by atoms with van der Waals surface area (Å²) in [4.78, 5) is 42.7. The van der Waals surface area contributed by atoms with Crippen molar-refractivity contribution in [3.63, 3.8) is 0 Å². The minimum Gasteiger partial charge on any atom is -0.364 e. The van der Waals surface area contributed by atoms with Crippen LogP contribution in [0.15, 0.2) is 30.0 Å². The number of likely N-dealkylation sites (N-methyl/N-ethyl adjacent to an activating group) is 1. The molecule has 30 heavy (non-hydrogen) atoms. The molecule has 162 valence electrons. The fourth-order valence-corrected chi connectivity index (χ4v) is 4.05. The van der Waals surface area contributed by atoms with Gasteiger partial charge in [-0.05, 0) is 30.7 Å². The lowest BCUT2D eigenvalue weighted by Crippen LogP contribution is -2.47. The maximum atomic E-state index is 13.3. The first kappa shape index (κ1) is 22.0. The van der Waals surface area contributed by atoms with Gasteiger partial charge in [0.25, 0.3) is 17.5 Å². The number of piperazine rings is 1. The molecule has 1 saturated heterocycles. The molecule has 2 aliphatic rings. The Bertz CT molecular complexity index is 826. The zero-order valence-corrected chi connectivity index (χ0v) is 17.8. The summed E-state index contributed by atoms with van der Waals surface area (Å²) in [5.74, 6) is -0.534. The summed E-state index contributed by atoms with van der Waals surface area (Å²) in [5, 5.41) is 11.0. The molecule has 0 aliphatic carbocycles. The van der Waals surface area contributed by atoms with Crippen molar-refractivity contribution in [2.75, 3.05) is 39.3 Å². The average Bonchev–Trinajstić information content (AvgIpc) is 3.01. The number of non-ortho nitro benzene ring substituents is 1. The second-order valence-electron chi connectivity index (χ2n) is 7.77. The van der Waals surface area contributed by atoms with Gasteiger partial charge < -0.3 is 9.80 Å². The van der Waals surface area contributed by atoms with Gasteiger partial charge in [-0.25, -0.2) is 0 Å². The SMILES string of the molecule is CCCCCCN1C(=O)C(c2ccc([N+](=O)[O-])cc2)=C(N2CCN(CC)CC2)C1=O. The Balaban J connectivity index is 1.91. The molecule has 0 bridgehead atoms. The standard InChI is InChI=1S/C22H30N4O4/c1-3-5-6-7-12-25-21(27)19(17-8-10-18(11-9-17)26(29)30)20(22(25)28)24-15-13-23(4-2)14-16-24/h8-11H,3-7,12-16H2,1-2H3. The average molecular weight is 415 g/mol. The summed E-state index contributed by atoms with van der Waals surface area (Å²) < 4.78 is 0. The van der Waals surface area contributed by atoms with Crippen LogP contribution < -0.4 is 0 Å². The molecule has 2 amide bonds. The molecular formula is C22H30N4O4. The van der Waals surface area contributed by atoms with Gasteiger partial charge in [-0.3, -0.25) is 24.6 Å². The summed E-state index contributed by atoms with van der Waals surface area (Å²) in [5.41, 5.74) is 1.34. The second-order valence-corrected chi connectivity index (χ2v) is 7.77. The van der Waals surface area contributed by atoms with E-state index in [4.69, 9.17) is 0 Å². The first-order valence-electron chi connectivity index (χ1n) is 10.8. The van der Waals surface area contributed by atoms with E-state index in [1.807, 2.05) is 4.90 Å². The van der Waals surface area contributed by atoms with E-state index >= 15 is 0 Å². The lowest BCUT2D eigenvalue weighted by Gasteiger charge is -2.36. The smallest absolute Gasteiger partial charge is 0.277 e. The molecule has 0 spiro atoms. The quantitative estimate of drug-likeness (QED) is 0.267. The highest BCUT2D eigenvalue weighted by Gasteiger charge is 2.41. The van der Waals surface area contributed by atoms with Crippen molar-refractivity contribution in [1.82, 2.24) is 14.7 Å². The molecule has 2 heterocycles. The Morgan fingerprint density at radius 3 is 2.17 bits per heavy atom. The highest BCUT2D eigenvalue weighted by atomic mass is 16.6. The van der Waals surface area contributed by atoms with Crippen LogP contribution in [0.4, 0.5) is 5.69 Å². The monoisotopic (exact) mass is 414 g/mol. The van der Waals surface area contributed by atoms with Gasteiger partial charge in [-0.2, -0.15) is 0 Å². The minimum absolute atomic E-state index is 0.0364. The van der Waals surface area contributed by atoms with E-state index in [0.717, 1.165) is 45.3 Å². The molecule has 1 aromatic rings. The molecule has 0 aromatic heterocycles. The van der Waals surface area contributed by atoms with Crippen molar-refractivity contribution in [3.05, 3.63) is 45.6 Å². The van der Waals surface area contributed by atoms with Gasteiger partial charge in [-0.15, -0.1) is 0 Å². The van der Waals surface area contributed by atoms with Crippen LogP contribution in [-0.2, 0) is 9.59 Å². The van der Waals surface area contributed by atoms with Gasteiger partial charge in [0.15, 0.2) is 0 Å². The maximum absolute atomic E-state index is 13.3. The molecular weight excluding hydrogens is 384 g/mol. The molecule has 2 aliphatic heterocycles. The molecule has 0 unspecified atom stereocenters. The van der Waals surface area contributed by atoms with Gasteiger partial charge in [0.05, 0.1) is 10.5 Å². The third-order valence-corrected chi connectivity index (χ3v) is 5.88. The van der Waals surface area contributed by atoms with E-state index in [0.29, 0.717) is 36.5 Å². The van der Waals surface area contributed by atoms with Crippen molar-refractivity contribution >= 4 is 23.1 Å². The summed E-state index contributed by atoms with van der Waals surface area (Å²) in [6, 6.07) is 5.91. The number of imide groups is 1. The van der Waals surface area contributed by atoms with Crippen molar-refractivity contribution in [2.45, 2.75) is 39.5 Å². The Morgan fingerprint density at radius 2 is 1.60 bits per heavy atom. The number of rotatable bonds is 9. The lowest BCUT2D eigenvalue weighted by molar-refractivity contribution is -0.384. The van der Waals surface area contributed by atoms with Gasteiger partial charge in [0.2, 0.25) is 0 Å². The second kappa shape index (κ2) is 9.84. The molecule has 8 heteroatoms. The number of nitrogens with zero attached hydrogens (tertiary/aromatic N) is 4. The van der Waals surface area contributed by atoms with E-state index < -0.39 is 4.92 Å². The molecule has 8 nitrogen and oxygen atoms in total. The zero-order chi connectivity index (χ0) is 21.7. The Labute approximate surface area is 177 Å². The van der Waals surface area contributed by atoms with Gasteiger partial charge in [0.1, 0.15) is 5.70 Å². The van der Waals surface area contributed by atoms with E-state index in [9.17, 15) is 19.7 Å². The number of carbonyl (C=O) groups is 2. The van der Waals surface area contributed by atoms with Crippen LogP contribution in [0.2, 0.25) is 0 Å². The Hall–Kier alpha value is -2.74. The van der Waals surface area contributed by atoms with Crippen molar-refractivity contribution in [1.29, 1.82) is 0 Å². The number of carbonyl (C=O) groups excluding carboxylic acids is 2. The highest BCUT2D eigenvalue weighted by molar-refractivity contribution is 6.35. The predicted octanol–water partition coefficient (Wildman–Crippen LogP) is 2.89. The third-order valence-electron chi connectivity index (χ3n) is 5.88. The number of hydrogen-bond acceptors (Lipinski definition) is 6. The first-order valence-corrected chi connectivity index (χ1v) is 10.8. The topological polar surface area (TPSA) is 87.0 Å². The minimum atomic E-state index is -0.468. The molecule has 0 atom stereocenters. The summed E-state index contributed by atoms with van der Waals surface area (Å²) in [7, 11) is 0. The number of benzene rings is 1. The van der Waals surface area contributed by atoms with Crippen LogP contribution in [-0.4, -0.2) is 70.7 Å². The molecule has 0 N–H and O–H groups in total. The van der Waals surface area contributed by atoms with E-state index in [2.05, 4.69) is 18.7 Å². The maximum Gasteiger partial charge on any atom is 0.277 e. The van der Waals surface area contributed by atoms with Crippen LogP contribution in [0.3, 0.4) is 0 Å². The number of nitro benzene ring substituents is 1. The Morgan fingerprint density at radius 1 is 0.933 bits per heavy atom. The molecule has 1 aromatic carbocycles. The van der Waals surface area contributed by atoms with Crippen LogP contribution in [0.25, 0.3) is 5.57 Å². The zero-order valence-electron chi connectivity index (χ0n) is 17.8. The molecule has 0 radical (unpaired) electrons. The fourth-order valence-electron chi connectivity index (χ4n) is 4.05. The number of unbranched alkanes of at least 4 members (excludes halogenated alkanes) is 3. The summed E-state index contributed by atoms with van der Waals surface area (Å²) in [6.07, 6.45) is 3.92. The first-order chi connectivity index (χ1) is 14.5. The lowest BCUT2D eigenvalue weighted by atomic mass is 10.0. The normalized spacial score (nSPS) is 17.9. The van der Waals surface area contributed by atoms with E-state index in [1.54, 1.807) is 12.1 Å². The molecule has 3 rings (SSSR count). The van der Waals surface area contributed by atoms with Crippen LogP contribution >= 0.6 is 0 Å². The van der Waals surface area contributed by atoms with Gasteiger partial charge in [-0.1, -0.05) is 33.1 Å². The summed E-state index contributed by atoms with van der Waals surface area (Å²) in [6.45, 7) is 8.64. The van der Waals surface area contributed by atoms with E-state index in [1.165, 1.54) is 17.0 Å². The Kier molecular flexibility index (Phi) is 7.20. The van der Waals surface area contributed by atoms with Gasteiger partial charge >= 0.3 is 0 Å². The van der Waals surface area contributed by atoms with Crippen molar-refractivity contribution in [3.8, 4) is 0 Å².